The maximum absolute atomic E-state index is 13.3. The Labute approximate surface area is 218 Å². The molecule has 8 nitrogen and oxygen atoms in total. The molecule has 1 unspecified atom stereocenters. The summed E-state index contributed by atoms with van der Waals surface area (Å²) in [5, 5.41) is 11.9. The van der Waals surface area contributed by atoms with E-state index in [1.54, 1.807) is 0 Å². The van der Waals surface area contributed by atoms with E-state index in [2.05, 4.69) is 5.32 Å². The number of amides is 2. The van der Waals surface area contributed by atoms with Gasteiger partial charge in [-0.3, -0.25) is 9.59 Å². The predicted octanol–water partition coefficient (Wildman–Crippen LogP) is 3.60. The molecule has 2 amide bonds. The molecular weight excluding hydrogens is 558 g/mol. The summed E-state index contributed by atoms with van der Waals surface area (Å²) in [5.41, 5.74) is -7.42. The number of sulfone groups is 1. The van der Waals surface area contributed by atoms with Crippen LogP contribution in [0.3, 0.4) is 0 Å². The van der Waals surface area contributed by atoms with Crippen molar-refractivity contribution in [1.82, 2.24) is 4.90 Å². The first-order valence-electron chi connectivity index (χ1n) is 11.3. The molecule has 2 aromatic carbocycles. The van der Waals surface area contributed by atoms with E-state index >= 15 is 0 Å². The van der Waals surface area contributed by atoms with Crippen molar-refractivity contribution in [3.8, 4) is 0 Å². The number of halogens is 6. The van der Waals surface area contributed by atoms with Crippen LogP contribution in [-0.4, -0.2) is 61.1 Å². The van der Waals surface area contributed by atoms with Crippen molar-refractivity contribution in [2.45, 2.75) is 54.4 Å². The van der Waals surface area contributed by atoms with Crippen LogP contribution in [0.15, 0.2) is 47.4 Å². The average Bonchev–Trinajstić information content (AvgIpc) is 3.19. The molecule has 0 aromatic heterocycles. The normalized spacial score (nSPS) is 21.8. The number of rotatable bonds is 5. The van der Waals surface area contributed by atoms with Gasteiger partial charge in [0.2, 0.25) is 0 Å². The van der Waals surface area contributed by atoms with Gasteiger partial charge < -0.3 is 20.1 Å². The van der Waals surface area contributed by atoms with Gasteiger partial charge in [0.05, 0.1) is 11.5 Å². The number of ether oxygens (including phenoxy) is 1. The zero-order valence-corrected chi connectivity index (χ0v) is 21.2. The molecule has 0 saturated carbocycles. The maximum atomic E-state index is 13.3. The average molecular weight is 581 g/mol. The monoisotopic (exact) mass is 580 g/mol. The lowest BCUT2D eigenvalue weighted by atomic mass is 9.92. The van der Waals surface area contributed by atoms with E-state index in [-0.39, 0.29) is 22.7 Å². The molecule has 2 aliphatic rings. The van der Waals surface area contributed by atoms with E-state index in [9.17, 15) is 49.5 Å². The lowest BCUT2D eigenvalue weighted by Crippen LogP contribution is -2.55. The highest BCUT2D eigenvalue weighted by atomic mass is 32.2. The predicted molar refractivity (Wildman–Crippen MR) is 123 cm³/mol. The summed E-state index contributed by atoms with van der Waals surface area (Å²) in [6.45, 7) is 1.70. The molecule has 1 fully saturated rings. The molecule has 15 heteroatoms. The zero-order chi connectivity index (χ0) is 29.2. The van der Waals surface area contributed by atoms with Crippen LogP contribution >= 0.6 is 0 Å². The second-order valence-corrected chi connectivity index (χ2v) is 11.6. The van der Waals surface area contributed by atoms with Gasteiger partial charge in [-0.05, 0) is 42.3 Å². The minimum Gasteiger partial charge on any atom is -0.369 e. The van der Waals surface area contributed by atoms with Gasteiger partial charge in [0, 0.05) is 30.5 Å². The van der Waals surface area contributed by atoms with Gasteiger partial charge in [0.25, 0.3) is 17.4 Å². The Morgan fingerprint density at radius 1 is 1.05 bits per heavy atom. The molecule has 0 aliphatic carbocycles. The quantitative estimate of drug-likeness (QED) is 0.523. The van der Waals surface area contributed by atoms with E-state index in [1.165, 1.54) is 30.0 Å². The second-order valence-electron chi connectivity index (χ2n) is 9.57. The molecule has 2 N–H and O–H groups in total. The first kappa shape index (κ1) is 28.8. The molecule has 2 atom stereocenters. The summed E-state index contributed by atoms with van der Waals surface area (Å²) in [7, 11) is -3.62. The third-order valence-corrected chi connectivity index (χ3v) is 7.95. The van der Waals surface area contributed by atoms with Gasteiger partial charge >= 0.3 is 12.4 Å². The molecule has 2 aromatic rings. The number of carbonyl (C=O) groups excluding carboxylic acids is 2. The molecule has 212 valence electrons. The SMILES string of the molecule is CC1(C(=O)N2Cc3cc(S(C)(=O)=O)ccc3[C@@H]2C(=O)Nc2ccc(C(O)(C(F)(F)F)C(F)(F)F)cc2)CCO1. The summed E-state index contributed by atoms with van der Waals surface area (Å²) >= 11 is 0. The van der Waals surface area contributed by atoms with E-state index in [0.29, 0.717) is 30.7 Å². The molecule has 0 radical (unpaired) electrons. The third kappa shape index (κ3) is 4.87. The Balaban J connectivity index is 1.66. The molecule has 2 aliphatic heterocycles. The number of aliphatic hydroxyl groups is 1. The van der Waals surface area contributed by atoms with Gasteiger partial charge in [-0.1, -0.05) is 18.2 Å². The number of carbonyl (C=O) groups is 2. The molecule has 0 bridgehead atoms. The van der Waals surface area contributed by atoms with Gasteiger partial charge in [0.15, 0.2) is 9.84 Å². The standard InChI is InChI=1S/C24H22F6N2O6S/c1-21(9-10-38-21)20(34)32-12-13-11-16(39(2,36)37)7-8-17(13)18(32)19(33)31-15-5-3-14(4-6-15)22(35,23(25,26)27)24(28,29)30/h3-8,11,18,35H,9-10,12H2,1-2H3,(H,31,33)/t18-,21?/m1/s1. The summed E-state index contributed by atoms with van der Waals surface area (Å²) in [4.78, 5) is 27.7. The number of hydrogen-bond acceptors (Lipinski definition) is 6. The van der Waals surface area contributed by atoms with Crippen LogP contribution in [0, 0.1) is 0 Å². The topological polar surface area (TPSA) is 113 Å². The Morgan fingerprint density at radius 3 is 2.08 bits per heavy atom. The summed E-state index contributed by atoms with van der Waals surface area (Å²) in [6.07, 6.45) is -10.8. The largest absolute Gasteiger partial charge is 0.430 e. The van der Waals surface area contributed by atoms with E-state index in [0.717, 1.165) is 18.4 Å². The van der Waals surface area contributed by atoms with E-state index in [4.69, 9.17) is 4.74 Å². The minimum atomic E-state index is -6.07. The van der Waals surface area contributed by atoms with Crippen LogP contribution in [0.1, 0.15) is 36.1 Å². The lowest BCUT2D eigenvalue weighted by Gasteiger charge is -2.41. The number of anilines is 1. The second kappa shape index (κ2) is 9.20. The molecule has 1 saturated heterocycles. The van der Waals surface area contributed by atoms with Crippen molar-refractivity contribution < 1.29 is 54.2 Å². The Kier molecular flexibility index (Phi) is 6.80. The van der Waals surface area contributed by atoms with Crippen molar-refractivity contribution >= 4 is 27.3 Å². The fraction of sp³-hybridized carbons (Fsp3) is 0.417. The number of hydrogen-bond donors (Lipinski definition) is 2. The van der Waals surface area contributed by atoms with Gasteiger partial charge in [-0.2, -0.15) is 26.3 Å². The van der Waals surface area contributed by atoms with E-state index in [1.807, 2.05) is 0 Å². The van der Waals surface area contributed by atoms with Crippen molar-refractivity contribution in [2.75, 3.05) is 18.2 Å². The maximum Gasteiger partial charge on any atom is 0.430 e. The molecule has 39 heavy (non-hydrogen) atoms. The van der Waals surface area contributed by atoms with Crippen LogP contribution in [0.4, 0.5) is 32.0 Å². The summed E-state index contributed by atoms with van der Waals surface area (Å²) in [5.74, 6) is -1.41. The number of benzene rings is 2. The minimum absolute atomic E-state index is 0.0433. The smallest absolute Gasteiger partial charge is 0.369 e. The molecular formula is C24H22F6N2O6S. The Bertz CT molecular complexity index is 1400. The summed E-state index contributed by atoms with van der Waals surface area (Å²) in [6, 6.07) is 4.90. The fourth-order valence-corrected chi connectivity index (χ4v) is 5.18. The van der Waals surface area contributed by atoms with Crippen LogP contribution in [0.2, 0.25) is 0 Å². The highest BCUT2D eigenvalue weighted by Crippen LogP contribution is 2.50. The first-order valence-corrected chi connectivity index (χ1v) is 13.2. The van der Waals surface area contributed by atoms with E-state index < -0.39 is 56.8 Å². The van der Waals surface area contributed by atoms with Crippen molar-refractivity contribution in [1.29, 1.82) is 0 Å². The van der Waals surface area contributed by atoms with Crippen molar-refractivity contribution in [3.63, 3.8) is 0 Å². The number of nitrogens with zero attached hydrogens (tertiary/aromatic N) is 1. The number of nitrogens with one attached hydrogen (secondary N) is 1. The van der Waals surface area contributed by atoms with Crippen molar-refractivity contribution in [2.24, 2.45) is 0 Å². The molecule has 2 heterocycles. The number of alkyl halides is 6. The zero-order valence-electron chi connectivity index (χ0n) is 20.4. The van der Waals surface area contributed by atoms with Crippen LogP contribution in [0.5, 0.6) is 0 Å². The van der Waals surface area contributed by atoms with Gasteiger partial charge in [0.1, 0.15) is 11.6 Å². The van der Waals surface area contributed by atoms with Crippen LogP contribution < -0.4 is 5.32 Å². The van der Waals surface area contributed by atoms with Crippen LogP contribution in [-0.2, 0) is 36.3 Å². The summed E-state index contributed by atoms with van der Waals surface area (Å²) < 4.78 is 108. The van der Waals surface area contributed by atoms with Gasteiger partial charge in [-0.15, -0.1) is 0 Å². The highest BCUT2D eigenvalue weighted by molar-refractivity contribution is 7.90. The first-order chi connectivity index (χ1) is 17.8. The van der Waals surface area contributed by atoms with Crippen LogP contribution in [0.25, 0.3) is 0 Å². The third-order valence-electron chi connectivity index (χ3n) is 6.84. The number of fused-ring (bicyclic) bond motifs is 1. The molecule has 0 spiro atoms. The molecule has 4 rings (SSSR count). The van der Waals surface area contributed by atoms with Crippen molar-refractivity contribution in [3.05, 3.63) is 59.2 Å². The Hall–Kier alpha value is -3.17. The Morgan fingerprint density at radius 2 is 1.62 bits per heavy atom. The van der Waals surface area contributed by atoms with Gasteiger partial charge in [-0.25, -0.2) is 8.42 Å². The lowest BCUT2D eigenvalue weighted by molar-refractivity contribution is -0.376. The fourth-order valence-electron chi connectivity index (χ4n) is 4.51. The highest BCUT2D eigenvalue weighted by Gasteiger charge is 2.71.